The number of esters is 1. The summed E-state index contributed by atoms with van der Waals surface area (Å²) in [4.78, 5) is 36.0. The Hall–Kier alpha value is -1.79. The molecule has 0 rings (SSSR count). The maximum absolute atomic E-state index is 12.8. The Labute approximate surface area is 201 Å². The van der Waals surface area contributed by atoms with Crippen molar-refractivity contribution in [3.8, 4) is 0 Å². The van der Waals surface area contributed by atoms with Gasteiger partial charge in [0.1, 0.15) is 17.7 Å². The van der Waals surface area contributed by atoms with Gasteiger partial charge in [0.25, 0.3) is 0 Å². The van der Waals surface area contributed by atoms with E-state index in [1.54, 1.807) is 20.8 Å². The van der Waals surface area contributed by atoms with Crippen molar-refractivity contribution in [2.75, 3.05) is 0 Å². The molecule has 0 aromatic heterocycles. The van der Waals surface area contributed by atoms with Gasteiger partial charge >= 0.3 is 18.0 Å². The van der Waals surface area contributed by atoms with Gasteiger partial charge in [0.05, 0.1) is 0 Å². The van der Waals surface area contributed by atoms with E-state index in [0.717, 1.165) is 38.5 Å². The van der Waals surface area contributed by atoms with Crippen molar-refractivity contribution >= 4 is 18.0 Å². The number of hydrogen-bond acceptors (Lipinski definition) is 5. The Morgan fingerprint density at radius 1 is 0.788 bits per heavy atom. The molecule has 0 saturated heterocycles. The average Bonchev–Trinajstić information content (AvgIpc) is 2.71. The predicted octanol–water partition coefficient (Wildman–Crippen LogP) is 6.77. The van der Waals surface area contributed by atoms with Crippen molar-refractivity contribution in [2.24, 2.45) is 0 Å². The van der Waals surface area contributed by atoms with Crippen LogP contribution in [0.5, 0.6) is 0 Å². The Balaban J connectivity index is 4.67. The molecule has 0 aliphatic heterocycles. The Bertz CT molecular complexity index is 543. The van der Waals surface area contributed by atoms with Crippen LogP contribution in [-0.4, -0.2) is 40.9 Å². The van der Waals surface area contributed by atoms with Gasteiger partial charge < -0.3 is 19.9 Å². The summed E-state index contributed by atoms with van der Waals surface area (Å²) in [6.45, 7) is 9.50. The zero-order valence-corrected chi connectivity index (χ0v) is 21.7. The summed E-state index contributed by atoms with van der Waals surface area (Å²) in [7, 11) is 0. The molecule has 7 nitrogen and oxygen atoms in total. The van der Waals surface area contributed by atoms with E-state index in [0.29, 0.717) is 0 Å². The van der Waals surface area contributed by atoms with E-state index in [-0.39, 0.29) is 18.9 Å². The standard InChI is InChI=1S/C26H49NO6/c1-6-8-10-11-12-13-14-15-16-18-21(17-9-7-2)32-24(30)22(19-20-23(28)29)27-25(31)33-26(3,4)5/h21-22H,6-20H2,1-5H3,(H,27,31)(H,28,29). The van der Waals surface area contributed by atoms with E-state index in [4.69, 9.17) is 14.6 Å². The molecule has 2 unspecified atom stereocenters. The van der Waals surface area contributed by atoms with Crippen LogP contribution in [0.15, 0.2) is 0 Å². The van der Waals surface area contributed by atoms with Gasteiger partial charge in [-0.3, -0.25) is 4.79 Å². The van der Waals surface area contributed by atoms with Gasteiger partial charge in [0, 0.05) is 6.42 Å². The molecule has 0 radical (unpaired) electrons. The second kappa shape index (κ2) is 18.6. The summed E-state index contributed by atoms with van der Waals surface area (Å²) in [5, 5.41) is 11.5. The molecule has 0 aromatic carbocycles. The second-order valence-electron chi connectivity index (χ2n) is 9.95. The van der Waals surface area contributed by atoms with Crippen LogP contribution in [0.2, 0.25) is 0 Å². The minimum atomic E-state index is -1.04. The fourth-order valence-electron chi connectivity index (χ4n) is 3.59. The number of ether oxygens (including phenoxy) is 2. The molecule has 0 spiro atoms. The monoisotopic (exact) mass is 471 g/mol. The fourth-order valence-corrected chi connectivity index (χ4v) is 3.59. The van der Waals surface area contributed by atoms with E-state index in [9.17, 15) is 14.4 Å². The van der Waals surface area contributed by atoms with Crippen LogP contribution in [0, 0.1) is 0 Å². The molecule has 0 saturated carbocycles. The zero-order valence-electron chi connectivity index (χ0n) is 21.7. The third kappa shape index (κ3) is 19.4. The van der Waals surface area contributed by atoms with Crippen molar-refractivity contribution in [3.05, 3.63) is 0 Å². The van der Waals surface area contributed by atoms with Crippen molar-refractivity contribution in [1.82, 2.24) is 5.32 Å². The van der Waals surface area contributed by atoms with Gasteiger partial charge in [0.2, 0.25) is 0 Å². The molecule has 0 aromatic rings. The predicted molar refractivity (Wildman–Crippen MR) is 131 cm³/mol. The minimum absolute atomic E-state index is 0.0358. The average molecular weight is 472 g/mol. The molecule has 2 N–H and O–H groups in total. The first-order chi connectivity index (χ1) is 15.6. The maximum atomic E-state index is 12.8. The Kier molecular flexibility index (Phi) is 17.6. The van der Waals surface area contributed by atoms with Crippen LogP contribution >= 0.6 is 0 Å². The summed E-state index contributed by atoms with van der Waals surface area (Å²) < 4.78 is 11.0. The number of carbonyl (C=O) groups excluding carboxylic acids is 2. The SMILES string of the molecule is CCCCCCCCCCCC(CCCC)OC(=O)C(CCC(=O)O)NC(=O)OC(C)(C)C. The molecule has 1 amide bonds. The molecule has 2 atom stereocenters. The topological polar surface area (TPSA) is 102 Å². The fraction of sp³-hybridized carbons (Fsp3) is 0.885. The number of unbranched alkanes of at least 4 members (excludes halogenated alkanes) is 9. The molecule has 194 valence electrons. The minimum Gasteiger partial charge on any atom is -0.481 e. The van der Waals surface area contributed by atoms with E-state index < -0.39 is 29.7 Å². The van der Waals surface area contributed by atoms with Crippen molar-refractivity contribution < 1.29 is 29.0 Å². The number of amides is 1. The lowest BCUT2D eigenvalue weighted by Crippen LogP contribution is -2.45. The molecule has 0 aliphatic rings. The highest BCUT2D eigenvalue weighted by Crippen LogP contribution is 2.17. The summed E-state index contributed by atoms with van der Waals surface area (Å²) in [5.41, 5.74) is -0.717. The van der Waals surface area contributed by atoms with Crippen LogP contribution in [0.25, 0.3) is 0 Å². The summed E-state index contributed by atoms with van der Waals surface area (Å²) in [6, 6.07) is -1.04. The lowest BCUT2D eigenvalue weighted by Gasteiger charge is -2.25. The zero-order chi connectivity index (χ0) is 25.1. The first-order valence-corrected chi connectivity index (χ1v) is 13.0. The van der Waals surface area contributed by atoms with Gasteiger partial charge in [0.15, 0.2) is 0 Å². The number of rotatable bonds is 19. The van der Waals surface area contributed by atoms with Gasteiger partial charge in [-0.2, -0.15) is 0 Å². The third-order valence-electron chi connectivity index (χ3n) is 5.41. The highest BCUT2D eigenvalue weighted by Gasteiger charge is 2.28. The normalized spacial score (nSPS) is 13.2. The van der Waals surface area contributed by atoms with E-state index in [1.165, 1.54) is 44.9 Å². The molecule has 0 heterocycles. The van der Waals surface area contributed by atoms with Gasteiger partial charge in [-0.05, 0) is 46.5 Å². The number of carbonyl (C=O) groups is 3. The first-order valence-electron chi connectivity index (χ1n) is 13.0. The lowest BCUT2D eigenvalue weighted by molar-refractivity contribution is -0.153. The third-order valence-corrected chi connectivity index (χ3v) is 5.41. The number of alkyl carbamates (subject to hydrolysis) is 1. The van der Waals surface area contributed by atoms with Gasteiger partial charge in [-0.25, -0.2) is 9.59 Å². The molecular weight excluding hydrogens is 422 g/mol. The summed E-state index contributed by atoms with van der Waals surface area (Å²) >= 11 is 0. The van der Waals surface area contributed by atoms with Crippen molar-refractivity contribution in [2.45, 2.75) is 149 Å². The highest BCUT2D eigenvalue weighted by molar-refractivity contribution is 5.82. The molecule has 33 heavy (non-hydrogen) atoms. The largest absolute Gasteiger partial charge is 0.481 e. The highest BCUT2D eigenvalue weighted by atomic mass is 16.6. The Morgan fingerprint density at radius 2 is 1.30 bits per heavy atom. The van der Waals surface area contributed by atoms with Crippen LogP contribution in [0.3, 0.4) is 0 Å². The van der Waals surface area contributed by atoms with E-state index in [2.05, 4.69) is 19.2 Å². The molecule has 7 heteroatoms. The number of carboxylic acids is 1. The smallest absolute Gasteiger partial charge is 0.408 e. The number of nitrogens with one attached hydrogen (secondary N) is 1. The lowest BCUT2D eigenvalue weighted by atomic mass is 10.0. The molecular formula is C26H49NO6. The van der Waals surface area contributed by atoms with Gasteiger partial charge in [-0.1, -0.05) is 78.1 Å². The molecule has 0 fully saturated rings. The van der Waals surface area contributed by atoms with Crippen LogP contribution in [0.1, 0.15) is 131 Å². The second-order valence-corrected chi connectivity index (χ2v) is 9.95. The number of hydrogen-bond donors (Lipinski definition) is 2. The summed E-state index contributed by atoms with van der Waals surface area (Å²) in [6.07, 6.45) is 13.4. The van der Waals surface area contributed by atoms with Crippen LogP contribution in [-0.2, 0) is 19.1 Å². The number of aliphatic carboxylic acids is 1. The quantitative estimate of drug-likeness (QED) is 0.159. The van der Waals surface area contributed by atoms with E-state index in [1.807, 2.05) is 0 Å². The number of carboxylic acid groups (broad SMARTS) is 1. The summed E-state index contributed by atoms with van der Waals surface area (Å²) in [5.74, 6) is -1.62. The Morgan fingerprint density at radius 3 is 1.82 bits per heavy atom. The maximum Gasteiger partial charge on any atom is 0.408 e. The van der Waals surface area contributed by atoms with Crippen LogP contribution in [0.4, 0.5) is 4.79 Å². The van der Waals surface area contributed by atoms with E-state index >= 15 is 0 Å². The first kappa shape index (κ1) is 31.2. The van der Waals surface area contributed by atoms with Crippen LogP contribution < -0.4 is 5.32 Å². The van der Waals surface area contributed by atoms with Crippen molar-refractivity contribution in [1.29, 1.82) is 0 Å². The van der Waals surface area contributed by atoms with Gasteiger partial charge in [-0.15, -0.1) is 0 Å². The van der Waals surface area contributed by atoms with Crippen molar-refractivity contribution in [3.63, 3.8) is 0 Å². The molecule has 0 bridgehead atoms. The molecule has 0 aliphatic carbocycles.